The predicted octanol–water partition coefficient (Wildman–Crippen LogP) is 10.4. The number of hydrogen-bond acceptors (Lipinski definition) is 4. The molecule has 1 aliphatic carbocycles. The predicted molar refractivity (Wildman–Crippen MR) is 194 cm³/mol. The Hall–Kier alpha value is -3.44. The van der Waals surface area contributed by atoms with Gasteiger partial charge in [-0.3, -0.25) is 0 Å². The molecule has 7 rings (SSSR count). The molecule has 4 aromatic heterocycles. The Kier molecular flexibility index (Phi) is 11.3. The Labute approximate surface area is 294 Å². The van der Waals surface area contributed by atoms with Crippen LogP contribution in [0.1, 0.15) is 69.1 Å². The molecule has 6 aromatic rings. The van der Waals surface area contributed by atoms with Crippen LogP contribution >= 0.6 is 0 Å². The van der Waals surface area contributed by atoms with Crippen LogP contribution in [0, 0.1) is 18.1 Å². The van der Waals surface area contributed by atoms with Gasteiger partial charge in [0.2, 0.25) is 5.71 Å². The second-order valence-electron chi connectivity index (χ2n) is 13.9. The monoisotopic (exact) mass is 816 g/mol. The Morgan fingerprint density at radius 3 is 2.32 bits per heavy atom. The van der Waals surface area contributed by atoms with Gasteiger partial charge in [0, 0.05) is 44.1 Å². The summed E-state index contributed by atoms with van der Waals surface area (Å²) in [6.45, 7) is 13.9. The minimum Gasteiger partial charge on any atom is -0.486 e. The number of pyridine rings is 3. The van der Waals surface area contributed by atoms with Gasteiger partial charge in [0.05, 0.1) is 13.7 Å². The molecule has 0 aliphatic heterocycles. The van der Waals surface area contributed by atoms with Crippen LogP contribution in [0.15, 0.2) is 83.7 Å². The number of rotatable bonds is 7. The summed E-state index contributed by atoms with van der Waals surface area (Å²) in [6, 6.07) is 27.2. The number of aryl methyl sites for hydroxylation is 1. The van der Waals surface area contributed by atoms with Gasteiger partial charge in [0.15, 0.2) is 0 Å². The van der Waals surface area contributed by atoms with Crippen molar-refractivity contribution in [1.29, 1.82) is 0 Å². The van der Waals surface area contributed by atoms with E-state index in [-0.39, 0.29) is 20.1 Å². The minimum absolute atomic E-state index is 0. The van der Waals surface area contributed by atoms with Gasteiger partial charge in [-0.1, -0.05) is 94.7 Å². The third kappa shape index (κ3) is 7.83. The van der Waals surface area contributed by atoms with Gasteiger partial charge in [-0.25, -0.2) is 4.98 Å². The fraction of sp³-hybridized carbons (Fsp3) is 0.341. The Morgan fingerprint density at radius 2 is 1.62 bits per heavy atom. The Morgan fingerprint density at radius 1 is 0.851 bits per heavy atom. The third-order valence-electron chi connectivity index (χ3n) is 9.26. The number of hydrogen-bond donors (Lipinski definition) is 0. The number of benzene rings is 2. The minimum atomic E-state index is -1.30. The van der Waals surface area contributed by atoms with Gasteiger partial charge in [0.25, 0.3) is 0 Å². The molecule has 0 saturated heterocycles. The van der Waals surface area contributed by atoms with Gasteiger partial charge >= 0.3 is 0 Å². The molecule has 0 amide bonds. The summed E-state index contributed by atoms with van der Waals surface area (Å²) in [5, 5.41) is 3.59. The van der Waals surface area contributed by atoms with Gasteiger partial charge in [0.1, 0.15) is 0 Å². The van der Waals surface area contributed by atoms with Crippen molar-refractivity contribution in [2.75, 3.05) is 0 Å². The van der Waals surface area contributed by atoms with E-state index >= 15 is 0 Å². The van der Waals surface area contributed by atoms with E-state index in [1.807, 2.05) is 36.4 Å². The van der Waals surface area contributed by atoms with E-state index in [0.29, 0.717) is 11.6 Å². The van der Waals surface area contributed by atoms with Crippen LogP contribution < -0.4 is 5.19 Å². The molecule has 0 atom stereocenters. The van der Waals surface area contributed by atoms with Crippen LogP contribution in [-0.2, 0) is 32.9 Å². The maximum atomic E-state index is 6.11. The zero-order valence-electron chi connectivity index (χ0n) is 28.5. The zero-order chi connectivity index (χ0) is 32.3. The van der Waals surface area contributed by atoms with E-state index in [9.17, 15) is 0 Å². The maximum absolute atomic E-state index is 6.11. The van der Waals surface area contributed by atoms with Crippen LogP contribution in [-0.4, -0.2) is 23.0 Å². The molecule has 0 N–H and O–H groups in total. The molecule has 2 aromatic carbocycles. The van der Waals surface area contributed by atoms with Crippen LogP contribution in [0.5, 0.6) is 0 Å². The van der Waals surface area contributed by atoms with Crippen molar-refractivity contribution in [3.05, 3.63) is 108 Å². The van der Waals surface area contributed by atoms with Crippen molar-refractivity contribution in [3.63, 3.8) is 0 Å². The van der Waals surface area contributed by atoms with E-state index in [2.05, 4.69) is 99.2 Å². The summed E-state index contributed by atoms with van der Waals surface area (Å²) in [7, 11) is -1.30. The van der Waals surface area contributed by atoms with Crippen molar-refractivity contribution in [3.8, 4) is 22.5 Å². The first-order valence-corrected chi connectivity index (χ1v) is 20.4. The number of nitrogens with zero attached hydrogens (tertiary/aromatic N) is 3. The molecular formula is C41H45IrN3OSi-2. The molecule has 0 unspecified atom stereocenters. The van der Waals surface area contributed by atoms with Crippen LogP contribution in [0.3, 0.4) is 0 Å². The summed E-state index contributed by atoms with van der Waals surface area (Å²) < 4.78 is 6.11. The van der Waals surface area contributed by atoms with Crippen LogP contribution in [0.25, 0.3) is 44.6 Å². The van der Waals surface area contributed by atoms with Crippen molar-refractivity contribution in [2.24, 2.45) is 5.92 Å². The molecule has 47 heavy (non-hydrogen) atoms. The summed E-state index contributed by atoms with van der Waals surface area (Å²) in [6.07, 6.45) is 13.6. The van der Waals surface area contributed by atoms with E-state index in [4.69, 9.17) is 9.40 Å². The molecule has 0 spiro atoms. The second kappa shape index (κ2) is 15.2. The fourth-order valence-corrected chi connectivity index (χ4v) is 8.46. The summed E-state index contributed by atoms with van der Waals surface area (Å²) in [5.74, 6) is 1.29. The fourth-order valence-electron chi connectivity index (χ4n) is 6.80. The first-order valence-electron chi connectivity index (χ1n) is 16.9. The number of aromatic nitrogens is 3. The topological polar surface area (TPSA) is 51.8 Å². The van der Waals surface area contributed by atoms with Gasteiger partial charge < -0.3 is 14.4 Å². The first kappa shape index (κ1) is 34.9. The largest absolute Gasteiger partial charge is 0.486 e. The number of fused-ring (bicyclic) bond motifs is 3. The number of furan rings is 1. The third-order valence-corrected chi connectivity index (χ3v) is 11.3. The standard InChI is InChI=1S/C25H25N2O.C16H20NSi.Ir/c1-16(2)22-15-27-23(14-18(22)13-17-7-3-4-8-17)21-10-5-9-19-20-11-6-12-26-25(20)28-24(19)21;1-5-13-11-15(14-9-7-6-8-10-14)17-12-16(13)18(2,3)4;/h5-6,9,11-12,14-17H,3-4,7-8,13H2,1-2H3;6-9,11-12H,5H2,1-4H3;/q2*-1;. The summed E-state index contributed by atoms with van der Waals surface area (Å²) >= 11 is 0. The van der Waals surface area contributed by atoms with Gasteiger partial charge in [-0.05, 0) is 64.5 Å². The smallest absolute Gasteiger partial charge is 0.216 e. The summed E-state index contributed by atoms with van der Waals surface area (Å²) in [5.41, 5.74) is 9.73. The van der Waals surface area contributed by atoms with Crippen molar-refractivity contribution < 1.29 is 24.5 Å². The molecule has 245 valence electrons. The quantitative estimate of drug-likeness (QED) is 0.119. The molecule has 1 fully saturated rings. The molecule has 0 bridgehead atoms. The molecular weight excluding hydrogens is 771 g/mol. The van der Waals surface area contributed by atoms with Gasteiger partial charge in [-0.15, -0.1) is 54.1 Å². The van der Waals surface area contributed by atoms with E-state index < -0.39 is 8.07 Å². The molecule has 6 heteroatoms. The molecule has 1 saturated carbocycles. The van der Waals surface area contributed by atoms with E-state index in [0.717, 1.165) is 57.6 Å². The van der Waals surface area contributed by atoms with Crippen molar-refractivity contribution in [1.82, 2.24) is 15.0 Å². The first-order chi connectivity index (χ1) is 22.2. The molecule has 4 nitrogen and oxygen atoms in total. The van der Waals surface area contributed by atoms with Crippen LogP contribution in [0.4, 0.5) is 0 Å². The van der Waals surface area contributed by atoms with Crippen molar-refractivity contribution in [2.45, 2.75) is 84.9 Å². The Bertz CT molecular complexity index is 1940. The zero-order valence-corrected chi connectivity index (χ0v) is 31.9. The van der Waals surface area contributed by atoms with Crippen LogP contribution in [0.2, 0.25) is 19.6 Å². The average Bonchev–Trinajstić information content (AvgIpc) is 3.72. The van der Waals surface area contributed by atoms with Gasteiger partial charge in [-0.2, -0.15) is 0 Å². The average molecular weight is 816 g/mol. The maximum Gasteiger partial charge on any atom is 0.216 e. The Balaban J connectivity index is 0.000000199. The van der Waals surface area contributed by atoms with Crippen molar-refractivity contribution >= 4 is 35.3 Å². The van der Waals surface area contributed by atoms with E-state index in [1.54, 1.807) is 6.20 Å². The summed E-state index contributed by atoms with van der Waals surface area (Å²) in [4.78, 5) is 13.8. The second-order valence-corrected chi connectivity index (χ2v) is 19.0. The molecule has 1 radical (unpaired) electrons. The molecule has 1 aliphatic rings. The normalized spacial score (nSPS) is 13.5. The van der Waals surface area contributed by atoms with E-state index in [1.165, 1.54) is 47.6 Å². The molecule has 4 heterocycles. The SMILES string of the molecule is CC(C)c1cnc(-c2[c-]ccc3c2oc2ncccc23)cc1CC1CCCC1.CCc1cc(-c2[c-]cccc2)ncc1[Si](C)(C)C.[Ir].